The Morgan fingerprint density at radius 1 is 1.03 bits per heavy atom. The van der Waals surface area contributed by atoms with Crippen LogP contribution in [0.25, 0.3) is 0 Å². The Hall–Kier alpha value is -2.17. The van der Waals surface area contributed by atoms with E-state index in [1.165, 1.54) is 6.07 Å². The van der Waals surface area contributed by atoms with Gasteiger partial charge < -0.3 is 10.4 Å². The van der Waals surface area contributed by atoms with Gasteiger partial charge in [-0.05, 0) is 43.9 Å². The molecule has 168 valence electrons. The van der Waals surface area contributed by atoms with Gasteiger partial charge in [-0.1, -0.05) is 11.6 Å². The van der Waals surface area contributed by atoms with Crippen molar-refractivity contribution in [3.05, 3.63) is 58.4 Å². The Kier molecular flexibility index (Phi) is 6.92. The number of hydrogen-bond donors (Lipinski definition) is 2. The third kappa shape index (κ3) is 5.02. The average molecular weight is 480 g/mol. The van der Waals surface area contributed by atoms with Gasteiger partial charge in [-0.15, -0.1) is 0 Å². The van der Waals surface area contributed by atoms with Crippen LogP contribution in [0.15, 0.2) is 35.2 Å². The Balaban J connectivity index is 1.91. The van der Waals surface area contributed by atoms with Crippen LogP contribution in [-0.2, 0) is 9.84 Å². The predicted molar refractivity (Wildman–Crippen MR) is 106 cm³/mol. The highest BCUT2D eigenvalue weighted by Crippen LogP contribution is 2.34. The topological polar surface area (TPSA) is 83.5 Å². The third-order valence-corrected chi connectivity index (χ3v) is 7.82. The number of alkyl halides is 1. The van der Waals surface area contributed by atoms with Crippen molar-refractivity contribution >= 4 is 33.0 Å². The number of hydrogen-bond acceptors (Lipinski definition) is 4. The quantitative estimate of drug-likeness (QED) is 0.386. The second-order valence-electron chi connectivity index (χ2n) is 7.26. The Morgan fingerprint density at radius 3 is 2.29 bits per heavy atom. The molecule has 1 aliphatic rings. The minimum atomic E-state index is -4.30. The van der Waals surface area contributed by atoms with Crippen molar-refractivity contribution in [2.75, 3.05) is 5.32 Å². The molecule has 0 saturated heterocycles. The van der Waals surface area contributed by atoms with Gasteiger partial charge >= 0.3 is 0 Å². The normalized spacial score (nSPS) is 22.1. The molecule has 1 amide bonds. The highest BCUT2D eigenvalue weighted by molar-refractivity contribution is 7.92. The van der Waals surface area contributed by atoms with Crippen LogP contribution in [0.3, 0.4) is 0 Å². The molecule has 2 N–H and O–H groups in total. The molecule has 11 heteroatoms. The Labute approximate surface area is 180 Å². The maximum absolute atomic E-state index is 14.5. The van der Waals surface area contributed by atoms with Crippen LogP contribution in [0.4, 0.5) is 23.2 Å². The second kappa shape index (κ2) is 9.13. The summed E-state index contributed by atoms with van der Waals surface area (Å²) in [4.78, 5) is 12.0. The van der Waals surface area contributed by atoms with Crippen molar-refractivity contribution in [1.82, 2.24) is 0 Å². The summed E-state index contributed by atoms with van der Waals surface area (Å²) in [5, 5.41) is 10.2. The van der Waals surface area contributed by atoms with E-state index in [2.05, 4.69) is 5.32 Å². The van der Waals surface area contributed by atoms with Crippen molar-refractivity contribution in [3.8, 4) is 0 Å². The van der Waals surface area contributed by atoms with Gasteiger partial charge in [0.25, 0.3) is 5.91 Å². The predicted octanol–water partition coefficient (Wildman–Crippen LogP) is 4.42. The SMILES string of the molecule is O=C(Nc1cc(F)c(F)c(F)c1)c1ccc(Cl)c(S(=O)(=O)[C@H]2CC[C@@H](O)CCC2F)c1. The summed E-state index contributed by atoms with van der Waals surface area (Å²) in [6.07, 6.45) is -2.54. The lowest BCUT2D eigenvalue weighted by Gasteiger charge is -2.20. The number of amides is 1. The first kappa shape index (κ1) is 23.5. The maximum atomic E-state index is 14.5. The van der Waals surface area contributed by atoms with Crippen LogP contribution >= 0.6 is 11.6 Å². The lowest BCUT2D eigenvalue weighted by atomic mass is 10.2. The molecule has 0 aromatic heterocycles. The van der Waals surface area contributed by atoms with Crippen LogP contribution in [0, 0.1) is 17.5 Å². The van der Waals surface area contributed by atoms with Gasteiger partial charge in [0.1, 0.15) is 6.17 Å². The molecule has 2 aromatic carbocycles. The molecule has 1 saturated carbocycles. The van der Waals surface area contributed by atoms with Crippen molar-refractivity contribution in [1.29, 1.82) is 0 Å². The molecule has 2 aromatic rings. The Morgan fingerprint density at radius 2 is 1.65 bits per heavy atom. The van der Waals surface area contributed by atoms with Gasteiger partial charge in [0.05, 0.1) is 21.3 Å². The highest BCUT2D eigenvalue weighted by atomic mass is 35.5. The molecule has 3 atom stereocenters. The van der Waals surface area contributed by atoms with Crippen molar-refractivity contribution in [2.45, 2.75) is 48.1 Å². The summed E-state index contributed by atoms with van der Waals surface area (Å²) in [5.74, 6) is -5.67. The zero-order valence-corrected chi connectivity index (χ0v) is 17.5. The van der Waals surface area contributed by atoms with Gasteiger partial charge in [-0.3, -0.25) is 4.79 Å². The number of carbonyl (C=O) groups is 1. The minimum absolute atomic E-state index is 0.101. The van der Waals surface area contributed by atoms with E-state index in [0.29, 0.717) is 12.1 Å². The van der Waals surface area contributed by atoms with Crippen LogP contribution in [0.2, 0.25) is 5.02 Å². The molecule has 1 fully saturated rings. The molecule has 1 unspecified atom stereocenters. The van der Waals surface area contributed by atoms with E-state index in [1.807, 2.05) is 0 Å². The standard InChI is InChI=1S/C20H18ClF4NO4S/c21-13-4-1-10(20(28)26-11-8-15(23)19(25)16(24)9-11)7-18(13)31(29,30)17-6-3-12(27)2-5-14(17)22/h1,4,7-9,12,14,17,27H,2-3,5-6H2,(H,26,28)/t12-,14?,17-/m0/s1. The molecule has 5 nitrogen and oxygen atoms in total. The first-order valence-electron chi connectivity index (χ1n) is 9.32. The zero-order chi connectivity index (χ0) is 22.9. The molecule has 0 heterocycles. The number of aliphatic hydroxyl groups is 1. The lowest BCUT2D eigenvalue weighted by Crippen LogP contribution is -2.31. The smallest absolute Gasteiger partial charge is 0.255 e. The molecule has 0 aliphatic heterocycles. The number of sulfone groups is 1. The largest absolute Gasteiger partial charge is 0.393 e. The van der Waals surface area contributed by atoms with Gasteiger partial charge in [0.2, 0.25) is 0 Å². The summed E-state index contributed by atoms with van der Waals surface area (Å²) in [5.41, 5.74) is -0.612. The number of benzene rings is 2. The van der Waals surface area contributed by atoms with E-state index in [1.54, 1.807) is 0 Å². The van der Waals surface area contributed by atoms with Crippen molar-refractivity contribution in [3.63, 3.8) is 0 Å². The molecule has 31 heavy (non-hydrogen) atoms. The van der Waals surface area contributed by atoms with Crippen LogP contribution in [-0.4, -0.2) is 37.0 Å². The fraction of sp³-hybridized carbons (Fsp3) is 0.350. The van der Waals surface area contributed by atoms with E-state index in [4.69, 9.17) is 11.6 Å². The summed E-state index contributed by atoms with van der Waals surface area (Å²) >= 11 is 6.02. The van der Waals surface area contributed by atoms with E-state index >= 15 is 0 Å². The summed E-state index contributed by atoms with van der Waals surface area (Å²) in [7, 11) is -4.30. The first-order chi connectivity index (χ1) is 14.5. The zero-order valence-electron chi connectivity index (χ0n) is 15.9. The summed E-state index contributed by atoms with van der Waals surface area (Å²) < 4.78 is 80.4. The van der Waals surface area contributed by atoms with Crippen molar-refractivity contribution in [2.24, 2.45) is 0 Å². The van der Waals surface area contributed by atoms with E-state index in [0.717, 1.165) is 12.1 Å². The summed E-state index contributed by atoms with van der Waals surface area (Å²) in [6.45, 7) is 0. The number of aliphatic hydroxyl groups excluding tert-OH is 1. The lowest BCUT2D eigenvalue weighted by molar-refractivity contribution is 0.102. The van der Waals surface area contributed by atoms with Crippen LogP contribution in [0.5, 0.6) is 0 Å². The molecule has 1 aliphatic carbocycles. The van der Waals surface area contributed by atoms with Gasteiger partial charge in [0, 0.05) is 23.4 Å². The monoisotopic (exact) mass is 479 g/mol. The van der Waals surface area contributed by atoms with Crippen LogP contribution in [0.1, 0.15) is 36.0 Å². The van der Waals surface area contributed by atoms with Gasteiger partial charge in [0.15, 0.2) is 27.3 Å². The van der Waals surface area contributed by atoms with Crippen LogP contribution < -0.4 is 5.32 Å². The molecule has 0 spiro atoms. The fourth-order valence-corrected chi connectivity index (χ4v) is 5.79. The minimum Gasteiger partial charge on any atom is -0.393 e. The third-order valence-electron chi connectivity index (χ3n) is 5.10. The Bertz CT molecular complexity index is 1090. The highest BCUT2D eigenvalue weighted by Gasteiger charge is 2.38. The second-order valence-corrected chi connectivity index (χ2v) is 9.80. The number of anilines is 1. The number of halogens is 5. The first-order valence-corrected chi connectivity index (χ1v) is 11.2. The molecule has 0 radical (unpaired) electrons. The van der Waals surface area contributed by atoms with E-state index in [-0.39, 0.29) is 42.0 Å². The van der Waals surface area contributed by atoms with E-state index < -0.39 is 55.6 Å². The maximum Gasteiger partial charge on any atom is 0.255 e. The number of nitrogens with one attached hydrogen (secondary N) is 1. The van der Waals surface area contributed by atoms with Gasteiger partial charge in [-0.2, -0.15) is 0 Å². The number of rotatable bonds is 4. The van der Waals surface area contributed by atoms with E-state index in [9.17, 15) is 35.9 Å². The average Bonchev–Trinajstić information content (AvgIpc) is 2.87. The van der Waals surface area contributed by atoms with Gasteiger partial charge in [-0.25, -0.2) is 26.0 Å². The number of carbonyl (C=O) groups excluding carboxylic acids is 1. The molecule has 3 rings (SSSR count). The summed E-state index contributed by atoms with van der Waals surface area (Å²) in [6, 6.07) is 4.38. The molecular formula is C20H18ClF4NO4S. The molecule has 0 bridgehead atoms. The fourth-order valence-electron chi connectivity index (χ4n) is 3.43. The van der Waals surface area contributed by atoms with Crippen molar-refractivity contribution < 1.29 is 35.9 Å². The molecular weight excluding hydrogens is 462 g/mol.